The average molecular weight is 344 g/mol. The van der Waals surface area contributed by atoms with Crippen molar-refractivity contribution >= 4 is 17.8 Å². The highest BCUT2D eigenvalue weighted by Crippen LogP contribution is 2.30. The van der Waals surface area contributed by atoms with E-state index in [1.807, 2.05) is 13.0 Å². The van der Waals surface area contributed by atoms with Gasteiger partial charge < -0.3 is 14.6 Å². The third kappa shape index (κ3) is 5.78. The molecule has 0 fully saturated rings. The molecule has 0 amide bonds. The van der Waals surface area contributed by atoms with Gasteiger partial charge in [0.15, 0.2) is 5.78 Å². The number of allylic oxidation sites excluding steroid dienone is 2. The van der Waals surface area contributed by atoms with Crippen molar-refractivity contribution in [3.63, 3.8) is 0 Å². The molecule has 25 heavy (non-hydrogen) atoms. The monoisotopic (exact) mass is 344 g/mol. The number of ketones is 1. The standard InChI is InChI=1S/C20H24O5/c1-2-11-24-17-13-15-8-4-3-5-9-16(21)10-6-7-12-25-20(23)19(15)18(22)14-17/h4,6,8,10,13-14,22H,2-3,5,7,9,11-12H2,1H3/b8-4+,10-6-. The summed E-state index contributed by atoms with van der Waals surface area (Å²) in [4.78, 5) is 24.0. The van der Waals surface area contributed by atoms with Crippen molar-refractivity contribution in [2.24, 2.45) is 0 Å². The van der Waals surface area contributed by atoms with Gasteiger partial charge in [-0.3, -0.25) is 4.79 Å². The van der Waals surface area contributed by atoms with Gasteiger partial charge in [0.25, 0.3) is 0 Å². The number of benzene rings is 1. The first-order valence-electron chi connectivity index (χ1n) is 8.64. The molecule has 5 heteroatoms. The van der Waals surface area contributed by atoms with Crippen LogP contribution in [0.15, 0.2) is 30.4 Å². The quantitative estimate of drug-likeness (QED) is 0.838. The van der Waals surface area contributed by atoms with E-state index >= 15 is 0 Å². The van der Waals surface area contributed by atoms with E-state index in [4.69, 9.17) is 9.47 Å². The predicted octanol–water partition coefficient (Wildman–Crippen LogP) is 4.05. The molecule has 1 N–H and O–H groups in total. The summed E-state index contributed by atoms with van der Waals surface area (Å²) in [5.41, 5.74) is 0.687. The van der Waals surface area contributed by atoms with Gasteiger partial charge in [-0.05, 0) is 43.4 Å². The maximum absolute atomic E-state index is 12.3. The molecule has 0 aliphatic carbocycles. The van der Waals surface area contributed by atoms with Crippen LogP contribution in [0, 0.1) is 0 Å². The smallest absolute Gasteiger partial charge is 0.342 e. The van der Waals surface area contributed by atoms with Crippen molar-refractivity contribution in [2.75, 3.05) is 13.2 Å². The second-order valence-electron chi connectivity index (χ2n) is 5.84. The van der Waals surface area contributed by atoms with Crippen LogP contribution in [-0.4, -0.2) is 30.1 Å². The van der Waals surface area contributed by atoms with E-state index in [1.54, 1.807) is 18.2 Å². The lowest BCUT2D eigenvalue weighted by Gasteiger charge is -2.12. The summed E-state index contributed by atoms with van der Waals surface area (Å²) < 4.78 is 10.8. The number of hydrogen-bond donors (Lipinski definition) is 1. The van der Waals surface area contributed by atoms with Gasteiger partial charge in [0.2, 0.25) is 0 Å². The van der Waals surface area contributed by atoms with Gasteiger partial charge in [0.1, 0.15) is 17.1 Å². The van der Waals surface area contributed by atoms with E-state index in [1.165, 1.54) is 12.1 Å². The molecule has 0 atom stereocenters. The Morgan fingerprint density at radius 2 is 1.96 bits per heavy atom. The molecule has 1 aromatic carbocycles. The van der Waals surface area contributed by atoms with Crippen LogP contribution in [0.3, 0.4) is 0 Å². The third-order valence-electron chi connectivity index (χ3n) is 3.71. The second kappa shape index (κ2) is 9.67. The molecule has 0 unspecified atom stereocenters. The molecular formula is C20H24O5. The molecular weight excluding hydrogens is 320 g/mol. The number of aromatic hydroxyl groups is 1. The van der Waals surface area contributed by atoms with E-state index in [2.05, 4.69) is 0 Å². The lowest BCUT2D eigenvalue weighted by atomic mass is 10.0. The molecule has 1 aromatic rings. The Balaban J connectivity index is 2.30. The van der Waals surface area contributed by atoms with Gasteiger partial charge in [-0.25, -0.2) is 4.79 Å². The molecule has 5 nitrogen and oxygen atoms in total. The Kier molecular flexibility index (Phi) is 7.26. The molecule has 1 heterocycles. The van der Waals surface area contributed by atoms with Crippen molar-refractivity contribution in [3.8, 4) is 11.5 Å². The van der Waals surface area contributed by atoms with Gasteiger partial charge >= 0.3 is 5.97 Å². The number of phenolic OH excluding ortho intramolecular Hbond substituents is 1. The maximum Gasteiger partial charge on any atom is 0.342 e. The summed E-state index contributed by atoms with van der Waals surface area (Å²) in [6.07, 6.45) is 10.1. The number of rotatable bonds is 3. The van der Waals surface area contributed by atoms with E-state index in [9.17, 15) is 14.7 Å². The second-order valence-corrected chi connectivity index (χ2v) is 5.84. The summed E-state index contributed by atoms with van der Waals surface area (Å²) in [6, 6.07) is 3.16. The van der Waals surface area contributed by atoms with Gasteiger partial charge in [0.05, 0.1) is 13.2 Å². The largest absolute Gasteiger partial charge is 0.507 e. The number of carbonyl (C=O) groups is 2. The zero-order valence-electron chi connectivity index (χ0n) is 14.5. The highest BCUT2D eigenvalue weighted by atomic mass is 16.5. The molecule has 0 aromatic heterocycles. The van der Waals surface area contributed by atoms with Crippen molar-refractivity contribution in [3.05, 3.63) is 41.5 Å². The van der Waals surface area contributed by atoms with E-state index in [-0.39, 0.29) is 23.7 Å². The van der Waals surface area contributed by atoms with Crippen LogP contribution >= 0.6 is 0 Å². The van der Waals surface area contributed by atoms with Crippen LogP contribution < -0.4 is 4.74 Å². The van der Waals surface area contributed by atoms with Gasteiger partial charge in [-0.2, -0.15) is 0 Å². The first-order valence-corrected chi connectivity index (χ1v) is 8.64. The Morgan fingerprint density at radius 3 is 2.76 bits per heavy atom. The lowest BCUT2D eigenvalue weighted by molar-refractivity contribution is -0.114. The fourth-order valence-corrected chi connectivity index (χ4v) is 2.47. The van der Waals surface area contributed by atoms with Gasteiger partial charge in [0, 0.05) is 12.5 Å². The first kappa shape index (κ1) is 18.8. The Morgan fingerprint density at radius 1 is 1.16 bits per heavy atom. The maximum atomic E-state index is 12.3. The fourth-order valence-electron chi connectivity index (χ4n) is 2.47. The minimum Gasteiger partial charge on any atom is -0.507 e. The molecule has 0 spiro atoms. The Bertz CT molecular complexity index is 673. The summed E-state index contributed by atoms with van der Waals surface area (Å²) in [6.45, 7) is 2.67. The number of hydrogen-bond acceptors (Lipinski definition) is 5. The number of fused-ring (bicyclic) bond motifs is 1. The number of phenols is 1. The van der Waals surface area contributed by atoms with Crippen LogP contribution in [-0.2, 0) is 9.53 Å². The van der Waals surface area contributed by atoms with Crippen LogP contribution in [0.2, 0.25) is 0 Å². The van der Waals surface area contributed by atoms with E-state index in [0.29, 0.717) is 37.2 Å². The SMILES string of the molecule is CCCOc1cc(O)c2c(c1)/C=C/CCCC(=O)/C=C\CCOC2=O. The van der Waals surface area contributed by atoms with Crippen LogP contribution in [0.4, 0.5) is 0 Å². The van der Waals surface area contributed by atoms with Crippen molar-refractivity contribution in [2.45, 2.75) is 39.0 Å². The number of cyclic esters (lactones) is 1. The molecule has 0 bridgehead atoms. The highest BCUT2D eigenvalue weighted by Gasteiger charge is 2.18. The van der Waals surface area contributed by atoms with Gasteiger partial charge in [-0.1, -0.05) is 25.2 Å². The number of carbonyl (C=O) groups excluding carboxylic acids is 2. The minimum absolute atomic E-state index is 0.0742. The van der Waals surface area contributed by atoms with Crippen molar-refractivity contribution in [1.29, 1.82) is 0 Å². The summed E-state index contributed by atoms with van der Waals surface area (Å²) >= 11 is 0. The highest BCUT2D eigenvalue weighted by molar-refractivity contribution is 5.97. The summed E-state index contributed by atoms with van der Waals surface area (Å²) in [5, 5.41) is 10.3. The molecule has 0 radical (unpaired) electrons. The predicted molar refractivity (Wildman–Crippen MR) is 95.8 cm³/mol. The van der Waals surface area contributed by atoms with Crippen molar-refractivity contribution in [1.82, 2.24) is 0 Å². The Hall–Kier alpha value is -2.56. The Labute approximate surface area is 147 Å². The lowest BCUT2D eigenvalue weighted by Crippen LogP contribution is -2.09. The minimum atomic E-state index is -0.587. The van der Waals surface area contributed by atoms with E-state index < -0.39 is 5.97 Å². The van der Waals surface area contributed by atoms with Crippen molar-refractivity contribution < 1.29 is 24.2 Å². The average Bonchev–Trinajstić information content (AvgIpc) is 2.58. The molecule has 1 aliphatic heterocycles. The number of ether oxygens (including phenoxy) is 2. The fraction of sp³-hybridized carbons (Fsp3) is 0.400. The topological polar surface area (TPSA) is 72.8 Å². The molecule has 2 rings (SSSR count). The third-order valence-corrected chi connectivity index (χ3v) is 3.71. The molecule has 1 aliphatic rings. The van der Waals surface area contributed by atoms with Crippen LogP contribution in [0.5, 0.6) is 11.5 Å². The zero-order chi connectivity index (χ0) is 18.1. The number of esters is 1. The van der Waals surface area contributed by atoms with Crippen LogP contribution in [0.1, 0.15) is 54.9 Å². The zero-order valence-corrected chi connectivity index (χ0v) is 14.5. The van der Waals surface area contributed by atoms with E-state index in [0.717, 1.165) is 12.8 Å². The molecule has 0 saturated heterocycles. The van der Waals surface area contributed by atoms with Crippen LogP contribution in [0.25, 0.3) is 6.08 Å². The summed E-state index contributed by atoms with van der Waals surface area (Å²) in [7, 11) is 0. The summed E-state index contributed by atoms with van der Waals surface area (Å²) in [5.74, 6) is -0.160. The van der Waals surface area contributed by atoms with Gasteiger partial charge in [-0.15, -0.1) is 0 Å². The first-order chi connectivity index (χ1) is 12.1. The molecule has 134 valence electrons. The normalized spacial score (nSPS) is 18.6. The molecule has 0 saturated carbocycles.